The monoisotopic (exact) mass is 412 g/mol. The van der Waals surface area contributed by atoms with Crippen molar-refractivity contribution in [3.8, 4) is 6.07 Å². The molecule has 5 nitrogen and oxygen atoms in total. The number of esters is 1. The Morgan fingerprint density at radius 2 is 1.60 bits per heavy atom. The second-order valence-electron chi connectivity index (χ2n) is 6.45. The van der Waals surface area contributed by atoms with Gasteiger partial charge >= 0.3 is 5.97 Å². The van der Waals surface area contributed by atoms with Gasteiger partial charge in [-0.1, -0.05) is 54.2 Å². The molecule has 0 aliphatic heterocycles. The summed E-state index contributed by atoms with van der Waals surface area (Å²) in [5.41, 5.74) is 2.22. The van der Waals surface area contributed by atoms with Crippen LogP contribution in [0.4, 0.5) is 0 Å². The van der Waals surface area contributed by atoms with Crippen molar-refractivity contribution in [2.24, 2.45) is 0 Å². The van der Waals surface area contributed by atoms with Crippen LogP contribution in [0.3, 0.4) is 0 Å². The van der Waals surface area contributed by atoms with E-state index in [2.05, 4.69) is 11.1 Å². The third-order valence-corrected chi connectivity index (χ3v) is 5.71. The Labute approximate surface area is 177 Å². The molecule has 0 spiro atoms. The number of hydrogen-bond acceptors (Lipinski definition) is 5. The molecule has 0 unspecified atom stereocenters. The summed E-state index contributed by atoms with van der Waals surface area (Å²) in [4.78, 5) is 29.7. The van der Waals surface area contributed by atoms with E-state index in [0.29, 0.717) is 21.6 Å². The maximum atomic E-state index is 12.7. The maximum absolute atomic E-state index is 12.7. The highest BCUT2D eigenvalue weighted by atomic mass is 32.2. The van der Waals surface area contributed by atoms with Crippen LogP contribution in [0.15, 0.2) is 88.8 Å². The number of carbonyl (C=O) groups is 2. The van der Waals surface area contributed by atoms with Gasteiger partial charge in [0.1, 0.15) is 6.07 Å². The molecular formula is C24H16N2O3S. The quantitative estimate of drug-likeness (QED) is 0.346. The first-order valence-electron chi connectivity index (χ1n) is 9.20. The fraction of sp³-hybridized carbons (Fsp3) is 0.0417. The number of benzene rings is 3. The molecule has 0 aliphatic carbocycles. The minimum atomic E-state index is -0.583. The molecule has 0 saturated carbocycles. The molecule has 0 aliphatic rings. The Balaban J connectivity index is 1.50. The lowest BCUT2D eigenvalue weighted by molar-refractivity contribution is 0.0471. The van der Waals surface area contributed by atoms with Crippen LogP contribution in [0.2, 0.25) is 0 Å². The predicted molar refractivity (Wildman–Crippen MR) is 115 cm³/mol. The molecule has 0 amide bonds. The van der Waals surface area contributed by atoms with Crippen LogP contribution in [0.5, 0.6) is 0 Å². The van der Waals surface area contributed by atoms with Gasteiger partial charge in [0, 0.05) is 32.5 Å². The van der Waals surface area contributed by atoms with Crippen molar-refractivity contribution in [3.05, 3.63) is 95.7 Å². The average molecular weight is 412 g/mol. The smallest absolute Gasteiger partial charge is 0.339 e. The average Bonchev–Trinajstić information content (AvgIpc) is 3.22. The second kappa shape index (κ2) is 8.68. The van der Waals surface area contributed by atoms with E-state index in [-0.39, 0.29) is 12.4 Å². The number of ketones is 1. The Hall–Kier alpha value is -3.82. The normalized spacial score (nSPS) is 10.5. The molecule has 0 bridgehead atoms. The summed E-state index contributed by atoms with van der Waals surface area (Å²) in [6.45, 7) is -0.353. The van der Waals surface area contributed by atoms with Gasteiger partial charge in [-0.15, -0.1) is 0 Å². The first-order chi connectivity index (χ1) is 14.7. The van der Waals surface area contributed by atoms with Crippen LogP contribution in [-0.2, 0) is 4.74 Å². The van der Waals surface area contributed by atoms with Gasteiger partial charge < -0.3 is 9.72 Å². The lowest BCUT2D eigenvalue weighted by Crippen LogP contribution is -2.14. The van der Waals surface area contributed by atoms with Crippen molar-refractivity contribution >= 4 is 34.4 Å². The fourth-order valence-electron chi connectivity index (χ4n) is 3.08. The van der Waals surface area contributed by atoms with Gasteiger partial charge in [-0.2, -0.15) is 5.26 Å². The molecular weight excluding hydrogens is 396 g/mol. The van der Waals surface area contributed by atoms with E-state index in [9.17, 15) is 14.9 Å². The lowest BCUT2D eigenvalue weighted by atomic mass is 10.1. The van der Waals surface area contributed by atoms with Crippen molar-refractivity contribution in [2.45, 2.75) is 9.79 Å². The molecule has 4 aromatic rings. The van der Waals surface area contributed by atoms with Gasteiger partial charge in [0.05, 0.1) is 11.1 Å². The standard InChI is InChI=1S/C24H16N2O3S/c25-13-16-7-1-5-11-22(16)30-23-12-6-3-9-18(23)24(28)29-15-21(27)19-14-26-20-10-4-2-8-17(19)20/h1-12,14,26H,15H2. The highest BCUT2D eigenvalue weighted by Gasteiger charge is 2.18. The topological polar surface area (TPSA) is 82.9 Å². The van der Waals surface area contributed by atoms with Crippen LogP contribution in [0, 0.1) is 11.3 Å². The van der Waals surface area contributed by atoms with Crippen LogP contribution in [0.25, 0.3) is 10.9 Å². The van der Waals surface area contributed by atoms with E-state index >= 15 is 0 Å². The second-order valence-corrected chi connectivity index (χ2v) is 7.54. The molecule has 4 rings (SSSR count). The number of rotatable bonds is 6. The van der Waals surface area contributed by atoms with Crippen molar-refractivity contribution in [1.82, 2.24) is 4.98 Å². The summed E-state index contributed by atoms with van der Waals surface area (Å²) in [5.74, 6) is -0.860. The van der Waals surface area contributed by atoms with E-state index in [4.69, 9.17) is 4.74 Å². The van der Waals surface area contributed by atoms with Crippen molar-refractivity contribution in [3.63, 3.8) is 0 Å². The van der Waals surface area contributed by atoms with Crippen LogP contribution < -0.4 is 0 Å². The third-order valence-electron chi connectivity index (χ3n) is 4.56. The number of nitrogens with zero attached hydrogens (tertiary/aromatic N) is 1. The lowest BCUT2D eigenvalue weighted by Gasteiger charge is -2.10. The number of ether oxygens (including phenoxy) is 1. The zero-order chi connectivity index (χ0) is 20.9. The predicted octanol–water partition coefficient (Wildman–Crippen LogP) is 5.23. The Bertz CT molecular complexity index is 1290. The Morgan fingerprint density at radius 1 is 0.900 bits per heavy atom. The van der Waals surface area contributed by atoms with Gasteiger partial charge in [-0.25, -0.2) is 4.79 Å². The summed E-state index contributed by atoms with van der Waals surface area (Å²) in [6.07, 6.45) is 1.63. The summed E-state index contributed by atoms with van der Waals surface area (Å²) >= 11 is 1.31. The molecule has 3 aromatic carbocycles. The van der Waals surface area contributed by atoms with E-state index in [1.54, 1.807) is 36.5 Å². The number of aromatic nitrogens is 1. The number of hydrogen-bond donors (Lipinski definition) is 1. The molecule has 1 heterocycles. The summed E-state index contributed by atoms with van der Waals surface area (Å²) in [7, 11) is 0. The Morgan fingerprint density at radius 3 is 2.43 bits per heavy atom. The number of aromatic amines is 1. The summed E-state index contributed by atoms with van der Waals surface area (Å²) in [6, 6.07) is 23.8. The number of nitrogens with one attached hydrogen (secondary N) is 1. The van der Waals surface area contributed by atoms with Gasteiger partial charge in [-0.05, 0) is 30.3 Å². The van der Waals surface area contributed by atoms with Crippen LogP contribution >= 0.6 is 11.8 Å². The minimum absolute atomic E-state index is 0.277. The largest absolute Gasteiger partial charge is 0.454 e. The van der Waals surface area contributed by atoms with Gasteiger partial charge in [0.2, 0.25) is 5.78 Å². The minimum Gasteiger partial charge on any atom is -0.454 e. The highest BCUT2D eigenvalue weighted by molar-refractivity contribution is 7.99. The van der Waals surface area contributed by atoms with Gasteiger partial charge in [0.25, 0.3) is 0 Å². The molecule has 1 N–H and O–H groups in total. The number of para-hydroxylation sites is 1. The Kier molecular flexibility index (Phi) is 5.64. The van der Waals surface area contributed by atoms with Crippen LogP contribution in [-0.4, -0.2) is 23.3 Å². The fourth-order valence-corrected chi connectivity index (χ4v) is 4.09. The number of H-pyrrole nitrogens is 1. The third kappa shape index (κ3) is 3.97. The SMILES string of the molecule is N#Cc1ccccc1Sc1ccccc1C(=O)OCC(=O)c1c[nH]c2ccccc12. The first kappa shape index (κ1) is 19.5. The zero-order valence-electron chi connectivity index (χ0n) is 15.8. The van der Waals surface area contributed by atoms with Crippen molar-refractivity contribution in [1.29, 1.82) is 5.26 Å². The number of Topliss-reactive ketones (excluding diaryl/α,β-unsaturated/α-hetero) is 1. The van der Waals surface area contributed by atoms with Crippen molar-refractivity contribution < 1.29 is 14.3 Å². The van der Waals surface area contributed by atoms with Crippen molar-refractivity contribution in [2.75, 3.05) is 6.61 Å². The molecule has 1 aromatic heterocycles. The van der Waals surface area contributed by atoms with Gasteiger partial charge in [0.15, 0.2) is 6.61 Å². The summed E-state index contributed by atoms with van der Waals surface area (Å²) in [5, 5.41) is 10.1. The van der Waals surface area contributed by atoms with E-state index in [0.717, 1.165) is 15.8 Å². The molecule has 6 heteroatoms. The number of carbonyl (C=O) groups excluding carboxylic acids is 2. The van der Waals surface area contributed by atoms with E-state index in [1.807, 2.05) is 42.5 Å². The maximum Gasteiger partial charge on any atom is 0.339 e. The highest BCUT2D eigenvalue weighted by Crippen LogP contribution is 2.33. The van der Waals surface area contributed by atoms with Crippen LogP contribution in [0.1, 0.15) is 26.3 Å². The molecule has 30 heavy (non-hydrogen) atoms. The first-order valence-corrected chi connectivity index (χ1v) is 10.0. The van der Waals surface area contributed by atoms with E-state index in [1.165, 1.54) is 11.8 Å². The molecule has 0 saturated heterocycles. The molecule has 0 fully saturated rings. The number of fused-ring (bicyclic) bond motifs is 1. The molecule has 0 atom stereocenters. The molecule has 146 valence electrons. The molecule has 0 radical (unpaired) electrons. The number of nitriles is 1. The zero-order valence-corrected chi connectivity index (χ0v) is 16.6. The van der Waals surface area contributed by atoms with Gasteiger partial charge in [-0.3, -0.25) is 4.79 Å². The van der Waals surface area contributed by atoms with E-state index < -0.39 is 5.97 Å². The summed E-state index contributed by atoms with van der Waals surface area (Å²) < 4.78 is 5.32.